The Balaban J connectivity index is 1.70. The number of rotatable bonds is 4. The van der Waals surface area contributed by atoms with E-state index in [0.717, 1.165) is 25.9 Å². The maximum Gasteiger partial charge on any atom is 0.0945 e. The minimum atomic E-state index is -0.0720. The molecule has 0 spiro atoms. The fourth-order valence-corrected chi connectivity index (χ4v) is 2.41. The van der Waals surface area contributed by atoms with Gasteiger partial charge in [-0.05, 0) is 31.7 Å². The third-order valence-electron chi connectivity index (χ3n) is 3.41. The van der Waals surface area contributed by atoms with Crippen LogP contribution in [0.15, 0.2) is 12.5 Å². The van der Waals surface area contributed by atoms with Crippen molar-refractivity contribution in [3.8, 4) is 0 Å². The van der Waals surface area contributed by atoms with Gasteiger partial charge in [0.05, 0.1) is 18.1 Å². The van der Waals surface area contributed by atoms with Gasteiger partial charge in [0, 0.05) is 19.8 Å². The summed E-state index contributed by atoms with van der Waals surface area (Å²) in [6.45, 7) is 1.87. The topological polar surface area (TPSA) is 50.1 Å². The van der Waals surface area contributed by atoms with Crippen molar-refractivity contribution in [2.75, 3.05) is 6.54 Å². The van der Waals surface area contributed by atoms with E-state index in [-0.39, 0.29) is 6.10 Å². The second-order valence-corrected chi connectivity index (χ2v) is 4.81. The van der Waals surface area contributed by atoms with Gasteiger partial charge in [0.15, 0.2) is 0 Å². The molecular formula is C12H21N3O. The molecule has 2 N–H and O–H groups in total. The summed E-state index contributed by atoms with van der Waals surface area (Å²) < 4.78 is 2.03. The molecule has 1 saturated carbocycles. The third-order valence-corrected chi connectivity index (χ3v) is 3.41. The smallest absolute Gasteiger partial charge is 0.0945 e. The maximum atomic E-state index is 9.57. The molecule has 1 fully saturated rings. The first kappa shape index (κ1) is 11.6. The van der Waals surface area contributed by atoms with E-state index >= 15 is 0 Å². The summed E-state index contributed by atoms with van der Waals surface area (Å²) in [5.74, 6) is 0.636. The van der Waals surface area contributed by atoms with Crippen molar-refractivity contribution in [2.24, 2.45) is 13.0 Å². The third kappa shape index (κ3) is 3.06. The summed E-state index contributed by atoms with van der Waals surface area (Å²) >= 11 is 0. The molecule has 0 saturated heterocycles. The maximum absolute atomic E-state index is 9.57. The van der Waals surface area contributed by atoms with E-state index in [1.807, 2.05) is 24.1 Å². The number of nitrogens with zero attached hydrogens (tertiary/aromatic N) is 2. The van der Waals surface area contributed by atoms with E-state index in [1.165, 1.54) is 18.5 Å². The predicted molar refractivity (Wildman–Crippen MR) is 62.9 cm³/mol. The highest BCUT2D eigenvalue weighted by molar-refractivity contribution is 4.96. The number of aryl methyl sites for hydroxylation is 1. The number of nitrogens with one attached hydrogen (secondary N) is 1. The van der Waals surface area contributed by atoms with Crippen LogP contribution in [0.1, 0.15) is 31.4 Å². The highest BCUT2D eigenvalue weighted by Gasteiger charge is 2.19. The van der Waals surface area contributed by atoms with Gasteiger partial charge in [0.1, 0.15) is 0 Å². The Morgan fingerprint density at radius 1 is 1.56 bits per heavy atom. The van der Waals surface area contributed by atoms with E-state index in [9.17, 15) is 5.11 Å². The Morgan fingerprint density at radius 3 is 3.12 bits per heavy atom. The Bertz CT molecular complexity index is 324. The first-order valence-electron chi connectivity index (χ1n) is 6.09. The molecule has 0 bridgehead atoms. The zero-order valence-corrected chi connectivity index (χ0v) is 9.89. The average molecular weight is 223 g/mol. The van der Waals surface area contributed by atoms with E-state index < -0.39 is 0 Å². The summed E-state index contributed by atoms with van der Waals surface area (Å²) in [5.41, 5.74) is 1.20. The van der Waals surface area contributed by atoms with Crippen molar-refractivity contribution in [1.29, 1.82) is 0 Å². The molecule has 16 heavy (non-hydrogen) atoms. The van der Waals surface area contributed by atoms with Crippen LogP contribution in [-0.4, -0.2) is 27.3 Å². The standard InChI is InChI=1S/C12H21N3O/c1-15-9-14-8-11(15)7-13-6-10-3-2-4-12(16)5-10/h8-10,12-13,16H,2-7H2,1H3. The van der Waals surface area contributed by atoms with Crippen LogP contribution in [0.2, 0.25) is 0 Å². The normalized spacial score (nSPS) is 25.9. The lowest BCUT2D eigenvalue weighted by molar-refractivity contribution is 0.100. The van der Waals surface area contributed by atoms with Crippen LogP contribution in [0.4, 0.5) is 0 Å². The Hall–Kier alpha value is -0.870. The SMILES string of the molecule is Cn1cncc1CNCC1CCCC(O)C1. The second-order valence-electron chi connectivity index (χ2n) is 4.81. The van der Waals surface area contributed by atoms with Gasteiger partial charge in [-0.15, -0.1) is 0 Å². The number of aliphatic hydroxyl groups excluding tert-OH is 1. The van der Waals surface area contributed by atoms with Crippen LogP contribution in [0.5, 0.6) is 0 Å². The molecule has 90 valence electrons. The van der Waals surface area contributed by atoms with Crippen molar-refractivity contribution in [3.63, 3.8) is 0 Å². The van der Waals surface area contributed by atoms with Gasteiger partial charge in [-0.2, -0.15) is 0 Å². The number of hydrogen-bond donors (Lipinski definition) is 2. The molecule has 2 unspecified atom stereocenters. The fourth-order valence-electron chi connectivity index (χ4n) is 2.41. The lowest BCUT2D eigenvalue weighted by Crippen LogP contribution is -2.29. The average Bonchev–Trinajstić information content (AvgIpc) is 2.65. The summed E-state index contributed by atoms with van der Waals surface area (Å²) in [4.78, 5) is 4.08. The Labute approximate surface area is 96.7 Å². The number of aliphatic hydroxyl groups is 1. The van der Waals surface area contributed by atoms with E-state index in [2.05, 4.69) is 10.3 Å². The molecular weight excluding hydrogens is 202 g/mol. The molecule has 1 aliphatic rings. The van der Waals surface area contributed by atoms with Crippen LogP contribution in [0.3, 0.4) is 0 Å². The van der Waals surface area contributed by atoms with Crippen LogP contribution < -0.4 is 5.32 Å². The minimum absolute atomic E-state index is 0.0720. The van der Waals surface area contributed by atoms with Crippen molar-refractivity contribution < 1.29 is 5.11 Å². The highest BCUT2D eigenvalue weighted by atomic mass is 16.3. The quantitative estimate of drug-likeness (QED) is 0.802. The van der Waals surface area contributed by atoms with Crippen LogP contribution >= 0.6 is 0 Å². The van der Waals surface area contributed by atoms with Gasteiger partial charge in [-0.1, -0.05) is 6.42 Å². The van der Waals surface area contributed by atoms with Gasteiger partial charge in [-0.25, -0.2) is 4.98 Å². The van der Waals surface area contributed by atoms with Crippen LogP contribution in [0.25, 0.3) is 0 Å². The molecule has 1 aliphatic carbocycles. The molecule has 0 aliphatic heterocycles. The Kier molecular flexibility index (Phi) is 3.96. The zero-order valence-electron chi connectivity index (χ0n) is 9.89. The molecule has 0 amide bonds. The largest absolute Gasteiger partial charge is 0.393 e. The van der Waals surface area contributed by atoms with Crippen LogP contribution in [-0.2, 0) is 13.6 Å². The number of aromatic nitrogens is 2. The summed E-state index contributed by atoms with van der Waals surface area (Å²) in [7, 11) is 2.01. The molecule has 2 atom stereocenters. The number of hydrogen-bond acceptors (Lipinski definition) is 3. The summed E-state index contributed by atoms with van der Waals surface area (Å²) in [6.07, 6.45) is 7.99. The van der Waals surface area contributed by atoms with E-state index in [0.29, 0.717) is 5.92 Å². The molecule has 0 aromatic carbocycles. The molecule has 1 heterocycles. The lowest BCUT2D eigenvalue weighted by Gasteiger charge is -2.25. The second kappa shape index (κ2) is 5.46. The van der Waals surface area contributed by atoms with Gasteiger partial charge < -0.3 is 15.0 Å². The highest BCUT2D eigenvalue weighted by Crippen LogP contribution is 2.23. The molecule has 4 heteroatoms. The molecule has 4 nitrogen and oxygen atoms in total. The fraction of sp³-hybridized carbons (Fsp3) is 0.750. The summed E-state index contributed by atoms with van der Waals surface area (Å²) in [6, 6.07) is 0. The molecule has 1 aromatic heterocycles. The Morgan fingerprint density at radius 2 is 2.44 bits per heavy atom. The number of imidazole rings is 1. The van der Waals surface area contributed by atoms with Gasteiger partial charge in [-0.3, -0.25) is 0 Å². The van der Waals surface area contributed by atoms with E-state index in [4.69, 9.17) is 0 Å². The first-order valence-corrected chi connectivity index (χ1v) is 6.09. The molecule has 1 aromatic rings. The lowest BCUT2D eigenvalue weighted by atomic mass is 9.87. The van der Waals surface area contributed by atoms with Crippen molar-refractivity contribution >= 4 is 0 Å². The van der Waals surface area contributed by atoms with E-state index in [1.54, 1.807) is 0 Å². The van der Waals surface area contributed by atoms with Gasteiger partial charge in [0.2, 0.25) is 0 Å². The minimum Gasteiger partial charge on any atom is -0.393 e. The van der Waals surface area contributed by atoms with Crippen molar-refractivity contribution in [1.82, 2.24) is 14.9 Å². The first-order chi connectivity index (χ1) is 7.75. The zero-order chi connectivity index (χ0) is 11.4. The molecule has 0 radical (unpaired) electrons. The van der Waals surface area contributed by atoms with Crippen molar-refractivity contribution in [2.45, 2.75) is 38.3 Å². The van der Waals surface area contributed by atoms with Crippen LogP contribution in [0, 0.1) is 5.92 Å². The van der Waals surface area contributed by atoms with Gasteiger partial charge >= 0.3 is 0 Å². The monoisotopic (exact) mass is 223 g/mol. The van der Waals surface area contributed by atoms with Gasteiger partial charge in [0.25, 0.3) is 0 Å². The van der Waals surface area contributed by atoms with Crippen molar-refractivity contribution in [3.05, 3.63) is 18.2 Å². The predicted octanol–water partition coefficient (Wildman–Crippen LogP) is 1.06. The molecule has 2 rings (SSSR count). The summed E-state index contributed by atoms with van der Waals surface area (Å²) in [5, 5.41) is 13.0.